The highest BCUT2D eigenvalue weighted by molar-refractivity contribution is 8.03. The van der Waals surface area contributed by atoms with Crippen LogP contribution in [0.1, 0.15) is 13.8 Å². The average molecular weight is 172 g/mol. The van der Waals surface area contributed by atoms with Crippen LogP contribution >= 0.6 is 11.8 Å². The van der Waals surface area contributed by atoms with Crippen molar-refractivity contribution < 1.29 is 4.39 Å². The van der Waals surface area contributed by atoms with Crippen molar-refractivity contribution in [3.8, 4) is 0 Å². The molecule has 0 aliphatic heterocycles. The first-order chi connectivity index (χ1) is 5.22. The van der Waals surface area contributed by atoms with Gasteiger partial charge in [-0.2, -0.15) is 0 Å². The van der Waals surface area contributed by atoms with E-state index in [-0.39, 0.29) is 5.83 Å². The molecule has 0 nitrogen and oxygen atoms in total. The second-order valence-corrected chi connectivity index (χ2v) is 3.26. The lowest BCUT2D eigenvalue weighted by Crippen LogP contribution is -1.75. The molecule has 0 bridgehead atoms. The van der Waals surface area contributed by atoms with E-state index in [0.717, 1.165) is 5.75 Å². The first kappa shape index (κ1) is 10.5. The Kier molecular flexibility index (Phi) is 5.94. The molecule has 0 N–H and O–H groups in total. The third-order valence-electron chi connectivity index (χ3n) is 1.02. The van der Waals surface area contributed by atoms with E-state index in [0.29, 0.717) is 4.91 Å². The zero-order chi connectivity index (χ0) is 8.69. The first-order valence-electron chi connectivity index (χ1n) is 3.53. The van der Waals surface area contributed by atoms with Gasteiger partial charge < -0.3 is 0 Å². The molecule has 2 heteroatoms. The second-order valence-electron chi connectivity index (χ2n) is 1.90. The van der Waals surface area contributed by atoms with Crippen molar-refractivity contribution in [1.29, 1.82) is 0 Å². The maximum atomic E-state index is 12.9. The highest BCUT2D eigenvalue weighted by Gasteiger charge is 1.97. The minimum absolute atomic E-state index is 0.241. The van der Waals surface area contributed by atoms with Gasteiger partial charge in [-0.3, -0.25) is 0 Å². The Labute approximate surface area is 71.9 Å². The number of hydrogen-bond acceptors (Lipinski definition) is 1. The predicted octanol–water partition coefficient (Wildman–Crippen LogP) is 3.68. The Hall–Kier alpha value is -0.500. The molecule has 0 rings (SSSR count). The van der Waals surface area contributed by atoms with Crippen LogP contribution in [0.5, 0.6) is 0 Å². The molecule has 0 fully saturated rings. The molecule has 62 valence electrons. The molecule has 0 aliphatic carbocycles. The molecule has 0 aromatic carbocycles. The monoisotopic (exact) mass is 172 g/mol. The molecule has 0 heterocycles. The summed E-state index contributed by atoms with van der Waals surface area (Å²) in [5, 5.41) is 0. The highest BCUT2D eigenvalue weighted by Crippen LogP contribution is 2.22. The van der Waals surface area contributed by atoms with Crippen molar-refractivity contribution in [3.63, 3.8) is 0 Å². The van der Waals surface area contributed by atoms with Gasteiger partial charge in [0, 0.05) is 4.91 Å². The van der Waals surface area contributed by atoms with Crippen LogP contribution in [0.25, 0.3) is 0 Å². The fraction of sp³-hybridized carbons (Fsp3) is 0.333. The van der Waals surface area contributed by atoms with Crippen molar-refractivity contribution in [1.82, 2.24) is 0 Å². The Morgan fingerprint density at radius 2 is 2.27 bits per heavy atom. The maximum absolute atomic E-state index is 12.9. The summed E-state index contributed by atoms with van der Waals surface area (Å²) in [6, 6.07) is 0. The SMILES string of the molecule is C=C(SCC)/C(F)=C\C=C/C. The molecule has 0 saturated heterocycles. The zero-order valence-electron chi connectivity index (χ0n) is 6.93. The highest BCUT2D eigenvalue weighted by atomic mass is 32.2. The van der Waals surface area contributed by atoms with Gasteiger partial charge in [-0.05, 0) is 18.8 Å². The lowest BCUT2D eigenvalue weighted by Gasteiger charge is -1.97. The summed E-state index contributed by atoms with van der Waals surface area (Å²) >= 11 is 1.42. The van der Waals surface area contributed by atoms with Gasteiger partial charge in [0.1, 0.15) is 5.83 Å². The molecule has 11 heavy (non-hydrogen) atoms. The minimum Gasteiger partial charge on any atom is -0.206 e. The molecular formula is C9H13FS. The molecular weight excluding hydrogens is 159 g/mol. The van der Waals surface area contributed by atoms with Crippen LogP contribution in [0, 0.1) is 0 Å². The van der Waals surface area contributed by atoms with E-state index in [2.05, 4.69) is 6.58 Å². The topological polar surface area (TPSA) is 0 Å². The van der Waals surface area contributed by atoms with E-state index in [9.17, 15) is 4.39 Å². The van der Waals surface area contributed by atoms with Gasteiger partial charge in [0.2, 0.25) is 0 Å². The fourth-order valence-corrected chi connectivity index (χ4v) is 1.07. The third kappa shape index (κ3) is 4.85. The van der Waals surface area contributed by atoms with Crippen LogP contribution in [0.2, 0.25) is 0 Å². The van der Waals surface area contributed by atoms with E-state index >= 15 is 0 Å². The number of hydrogen-bond donors (Lipinski definition) is 0. The summed E-state index contributed by atoms with van der Waals surface area (Å²) < 4.78 is 12.9. The van der Waals surface area contributed by atoms with E-state index in [1.165, 1.54) is 17.8 Å². The maximum Gasteiger partial charge on any atom is 0.136 e. The summed E-state index contributed by atoms with van der Waals surface area (Å²) in [6.07, 6.45) is 4.87. The molecule has 0 radical (unpaired) electrons. The van der Waals surface area contributed by atoms with Crippen LogP contribution < -0.4 is 0 Å². The smallest absolute Gasteiger partial charge is 0.136 e. The Morgan fingerprint density at radius 1 is 1.64 bits per heavy atom. The van der Waals surface area contributed by atoms with Crippen LogP contribution in [-0.2, 0) is 0 Å². The average Bonchev–Trinajstić information content (AvgIpc) is 2.00. The van der Waals surface area contributed by atoms with Crippen LogP contribution in [0.15, 0.2) is 35.5 Å². The van der Waals surface area contributed by atoms with E-state index in [1.807, 2.05) is 13.8 Å². The third-order valence-corrected chi connectivity index (χ3v) is 1.85. The van der Waals surface area contributed by atoms with Gasteiger partial charge in [-0.25, -0.2) is 4.39 Å². The number of halogens is 1. The summed E-state index contributed by atoms with van der Waals surface area (Å²) in [7, 11) is 0. The number of allylic oxidation sites excluding steroid dienone is 4. The van der Waals surface area contributed by atoms with Crippen molar-refractivity contribution in [3.05, 3.63) is 35.5 Å². The van der Waals surface area contributed by atoms with Gasteiger partial charge in [-0.15, -0.1) is 11.8 Å². The minimum atomic E-state index is -0.241. The van der Waals surface area contributed by atoms with Crippen LogP contribution in [0.3, 0.4) is 0 Å². The Bertz CT molecular complexity index is 180. The van der Waals surface area contributed by atoms with Crippen molar-refractivity contribution in [2.45, 2.75) is 13.8 Å². The van der Waals surface area contributed by atoms with Crippen molar-refractivity contribution in [2.24, 2.45) is 0 Å². The quantitative estimate of drug-likeness (QED) is 0.583. The molecule has 0 aliphatic rings. The lowest BCUT2D eigenvalue weighted by molar-refractivity contribution is 0.664. The van der Waals surface area contributed by atoms with Gasteiger partial charge in [0.15, 0.2) is 0 Å². The molecule has 0 unspecified atom stereocenters. The zero-order valence-corrected chi connectivity index (χ0v) is 7.75. The summed E-state index contributed by atoms with van der Waals surface area (Å²) in [5.74, 6) is 0.616. The summed E-state index contributed by atoms with van der Waals surface area (Å²) in [5.41, 5.74) is 0. The molecule has 0 spiro atoms. The van der Waals surface area contributed by atoms with E-state index in [4.69, 9.17) is 0 Å². The van der Waals surface area contributed by atoms with Gasteiger partial charge in [0.25, 0.3) is 0 Å². The largest absolute Gasteiger partial charge is 0.206 e. The van der Waals surface area contributed by atoms with Crippen LogP contribution in [0.4, 0.5) is 4.39 Å². The number of rotatable bonds is 4. The van der Waals surface area contributed by atoms with Crippen LogP contribution in [-0.4, -0.2) is 5.75 Å². The van der Waals surface area contributed by atoms with Gasteiger partial charge in [-0.1, -0.05) is 25.7 Å². The lowest BCUT2D eigenvalue weighted by atomic mass is 10.4. The van der Waals surface area contributed by atoms with E-state index in [1.54, 1.807) is 12.2 Å². The molecule has 0 amide bonds. The van der Waals surface area contributed by atoms with E-state index < -0.39 is 0 Å². The molecule has 0 aromatic rings. The predicted molar refractivity (Wildman–Crippen MR) is 51.3 cm³/mol. The molecule has 0 aromatic heterocycles. The van der Waals surface area contributed by atoms with Gasteiger partial charge in [0.05, 0.1) is 0 Å². The summed E-state index contributed by atoms with van der Waals surface area (Å²) in [4.78, 5) is 0.505. The Balaban J connectivity index is 4.00. The first-order valence-corrected chi connectivity index (χ1v) is 4.51. The second kappa shape index (κ2) is 6.23. The Morgan fingerprint density at radius 3 is 2.73 bits per heavy atom. The number of thioether (sulfide) groups is 1. The molecule has 0 atom stereocenters. The summed E-state index contributed by atoms with van der Waals surface area (Å²) in [6.45, 7) is 7.40. The molecule has 0 saturated carbocycles. The standard InChI is InChI=1S/C9H13FS/c1-4-6-7-9(10)8(3)11-5-2/h4,6-7H,3,5H2,1-2H3/b6-4-,9-7+. The van der Waals surface area contributed by atoms with Gasteiger partial charge >= 0.3 is 0 Å². The normalized spacial score (nSPS) is 12.5. The fourth-order valence-electron chi connectivity index (χ4n) is 0.517. The van der Waals surface area contributed by atoms with Crippen molar-refractivity contribution in [2.75, 3.05) is 5.75 Å². The van der Waals surface area contributed by atoms with Crippen molar-refractivity contribution >= 4 is 11.8 Å².